The lowest BCUT2D eigenvalue weighted by molar-refractivity contribution is 0.203. The summed E-state index contributed by atoms with van der Waals surface area (Å²) < 4.78 is 63.0. The topological polar surface area (TPSA) is 128 Å². The molecule has 0 saturated heterocycles. The van der Waals surface area contributed by atoms with Crippen LogP contribution in [0.4, 0.5) is 14.9 Å². The van der Waals surface area contributed by atoms with Gasteiger partial charge in [0.05, 0.1) is 36.6 Å². The van der Waals surface area contributed by atoms with E-state index in [1.807, 2.05) is 0 Å². The Morgan fingerprint density at radius 3 is 2.42 bits per heavy atom. The molecule has 0 atom stereocenters. The Balaban J connectivity index is 1.85. The van der Waals surface area contributed by atoms with Gasteiger partial charge in [0.1, 0.15) is 28.6 Å². The van der Waals surface area contributed by atoms with E-state index in [1.54, 1.807) is 44.2 Å². The zero-order valence-electron chi connectivity index (χ0n) is 22.3. The standard InChI is InChI=1S/C28H29FN2O8S/c1-17(2)36-25-15-22-24(16-23(25)31(12-13-32)40(4,34)35)38-26(27(22)39-28(33)30-3)18-8-10-20(11-9-18)37-21-7-5-6-19(29)14-21/h5-11,14-17,32H,12-13H2,1-4H3,(H,30,33). The van der Waals surface area contributed by atoms with Crippen LogP contribution in [0.5, 0.6) is 23.0 Å². The number of hydrogen-bond donors (Lipinski definition) is 2. The first-order valence-electron chi connectivity index (χ1n) is 12.3. The zero-order chi connectivity index (χ0) is 29.0. The fourth-order valence-corrected chi connectivity index (χ4v) is 4.88. The van der Waals surface area contributed by atoms with Gasteiger partial charge in [0.15, 0.2) is 11.5 Å². The number of nitrogens with zero attached hydrogens (tertiary/aromatic N) is 1. The highest BCUT2D eigenvalue weighted by Gasteiger charge is 2.27. The minimum absolute atomic E-state index is 0.0846. The summed E-state index contributed by atoms with van der Waals surface area (Å²) >= 11 is 0. The number of carbonyl (C=O) groups is 1. The van der Waals surface area contributed by atoms with Crippen molar-refractivity contribution in [3.8, 4) is 34.3 Å². The van der Waals surface area contributed by atoms with Crippen molar-refractivity contribution in [3.05, 3.63) is 66.5 Å². The highest BCUT2D eigenvalue weighted by atomic mass is 32.2. The van der Waals surface area contributed by atoms with Crippen molar-refractivity contribution in [1.29, 1.82) is 0 Å². The number of hydrogen-bond acceptors (Lipinski definition) is 8. The van der Waals surface area contributed by atoms with Gasteiger partial charge >= 0.3 is 6.09 Å². The molecular formula is C28H29FN2O8S. The first kappa shape index (κ1) is 28.7. The van der Waals surface area contributed by atoms with E-state index in [2.05, 4.69) is 5.32 Å². The van der Waals surface area contributed by atoms with Gasteiger partial charge < -0.3 is 29.1 Å². The van der Waals surface area contributed by atoms with E-state index in [0.717, 1.165) is 10.6 Å². The number of aliphatic hydroxyl groups excluding tert-OH is 1. The van der Waals surface area contributed by atoms with Crippen LogP contribution in [0, 0.1) is 5.82 Å². The second-order valence-corrected chi connectivity index (χ2v) is 10.9. The largest absolute Gasteiger partial charge is 0.489 e. The summed E-state index contributed by atoms with van der Waals surface area (Å²) in [5.41, 5.74) is 0.889. The Morgan fingerprint density at radius 1 is 1.10 bits per heavy atom. The lowest BCUT2D eigenvalue weighted by Crippen LogP contribution is -2.33. The number of ether oxygens (including phenoxy) is 3. The molecule has 0 aliphatic carbocycles. The van der Waals surface area contributed by atoms with Crippen LogP contribution in [-0.2, 0) is 10.0 Å². The number of rotatable bonds is 10. The monoisotopic (exact) mass is 572 g/mol. The number of benzene rings is 3. The third kappa shape index (κ3) is 6.46. The van der Waals surface area contributed by atoms with Crippen LogP contribution >= 0.6 is 0 Å². The molecule has 4 rings (SSSR count). The number of nitrogens with one attached hydrogen (secondary N) is 1. The van der Waals surface area contributed by atoms with E-state index >= 15 is 0 Å². The minimum atomic E-state index is -3.80. The average molecular weight is 573 g/mol. The fraction of sp³-hybridized carbons (Fsp3) is 0.250. The molecule has 0 aliphatic heterocycles. The lowest BCUT2D eigenvalue weighted by atomic mass is 10.1. The minimum Gasteiger partial charge on any atom is -0.489 e. The van der Waals surface area contributed by atoms with Crippen molar-refractivity contribution in [1.82, 2.24) is 5.32 Å². The van der Waals surface area contributed by atoms with E-state index in [1.165, 1.54) is 37.4 Å². The molecule has 40 heavy (non-hydrogen) atoms. The second kappa shape index (κ2) is 11.8. The number of aliphatic hydroxyl groups is 1. The summed E-state index contributed by atoms with van der Waals surface area (Å²) in [4.78, 5) is 12.3. The number of sulfonamides is 1. The van der Waals surface area contributed by atoms with Crippen molar-refractivity contribution in [2.75, 3.05) is 30.8 Å². The molecule has 4 aromatic rings. The van der Waals surface area contributed by atoms with E-state index in [4.69, 9.17) is 18.6 Å². The van der Waals surface area contributed by atoms with Crippen LogP contribution in [0.15, 0.2) is 65.1 Å². The summed E-state index contributed by atoms with van der Waals surface area (Å²) in [5.74, 6) is 0.791. The molecule has 12 heteroatoms. The molecule has 212 valence electrons. The molecule has 1 amide bonds. The van der Waals surface area contributed by atoms with Crippen molar-refractivity contribution in [2.24, 2.45) is 0 Å². The predicted octanol–water partition coefficient (Wildman–Crippen LogP) is 5.29. The third-order valence-electron chi connectivity index (χ3n) is 5.61. The predicted molar refractivity (Wildman–Crippen MR) is 148 cm³/mol. The first-order valence-corrected chi connectivity index (χ1v) is 14.1. The highest BCUT2D eigenvalue weighted by molar-refractivity contribution is 7.92. The summed E-state index contributed by atoms with van der Waals surface area (Å²) in [6.07, 6.45) is -0.0526. The number of amides is 1. The molecule has 0 bridgehead atoms. The zero-order valence-corrected chi connectivity index (χ0v) is 23.1. The lowest BCUT2D eigenvalue weighted by Gasteiger charge is -2.24. The maximum atomic E-state index is 13.5. The molecule has 1 aromatic heterocycles. The highest BCUT2D eigenvalue weighted by Crippen LogP contribution is 2.45. The molecule has 0 spiro atoms. The fourth-order valence-electron chi connectivity index (χ4n) is 3.96. The van der Waals surface area contributed by atoms with Gasteiger partial charge in [-0.05, 0) is 56.3 Å². The summed E-state index contributed by atoms with van der Waals surface area (Å²) in [6.45, 7) is 2.92. The average Bonchev–Trinajstić information content (AvgIpc) is 3.23. The van der Waals surface area contributed by atoms with Crippen molar-refractivity contribution >= 4 is 32.8 Å². The SMILES string of the molecule is CNC(=O)Oc1c(-c2ccc(Oc3cccc(F)c3)cc2)oc2cc(N(CCO)S(C)(=O)=O)c(OC(C)C)cc12. The van der Waals surface area contributed by atoms with Gasteiger partial charge in [0, 0.05) is 24.7 Å². The molecule has 3 aromatic carbocycles. The second-order valence-electron chi connectivity index (χ2n) is 9.03. The Morgan fingerprint density at radius 2 is 1.82 bits per heavy atom. The van der Waals surface area contributed by atoms with Gasteiger partial charge in [-0.1, -0.05) is 6.07 Å². The molecular weight excluding hydrogens is 543 g/mol. The molecule has 0 unspecified atom stereocenters. The number of carbonyl (C=O) groups excluding carboxylic acids is 1. The van der Waals surface area contributed by atoms with Crippen LogP contribution < -0.4 is 23.8 Å². The Kier molecular flexibility index (Phi) is 8.50. The quantitative estimate of drug-likeness (QED) is 0.262. The van der Waals surface area contributed by atoms with Crippen molar-refractivity contribution in [2.45, 2.75) is 20.0 Å². The maximum Gasteiger partial charge on any atom is 0.412 e. The van der Waals surface area contributed by atoms with Gasteiger partial charge in [0.25, 0.3) is 0 Å². The summed E-state index contributed by atoms with van der Waals surface area (Å²) in [5, 5.41) is 12.3. The van der Waals surface area contributed by atoms with Crippen LogP contribution in [0.3, 0.4) is 0 Å². The summed E-state index contributed by atoms with van der Waals surface area (Å²) in [7, 11) is -2.39. The normalized spacial score (nSPS) is 11.5. The Labute approximate surface area is 230 Å². The van der Waals surface area contributed by atoms with Gasteiger partial charge in [0.2, 0.25) is 10.0 Å². The molecule has 0 saturated carbocycles. The molecule has 2 N–H and O–H groups in total. The third-order valence-corrected chi connectivity index (χ3v) is 6.79. The molecule has 10 nitrogen and oxygen atoms in total. The molecule has 0 radical (unpaired) electrons. The smallest absolute Gasteiger partial charge is 0.412 e. The maximum absolute atomic E-state index is 13.5. The van der Waals surface area contributed by atoms with Gasteiger partial charge in [-0.15, -0.1) is 0 Å². The van der Waals surface area contributed by atoms with Crippen molar-refractivity contribution in [3.63, 3.8) is 0 Å². The molecule has 0 fully saturated rings. The number of fused-ring (bicyclic) bond motifs is 1. The first-order chi connectivity index (χ1) is 19.0. The van der Waals surface area contributed by atoms with Crippen LogP contribution in [0.25, 0.3) is 22.3 Å². The van der Waals surface area contributed by atoms with Crippen LogP contribution in [-0.4, -0.2) is 52.2 Å². The van der Waals surface area contributed by atoms with Crippen LogP contribution in [0.1, 0.15) is 13.8 Å². The molecule has 0 aliphatic rings. The van der Waals surface area contributed by atoms with Gasteiger partial charge in [-0.3, -0.25) is 4.31 Å². The number of anilines is 1. The number of halogens is 1. The molecule has 1 heterocycles. The van der Waals surface area contributed by atoms with Crippen molar-refractivity contribution < 1.29 is 41.3 Å². The van der Waals surface area contributed by atoms with Crippen LogP contribution in [0.2, 0.25) is 0 Å². The van der Waals surface area contributed by atoms with Gasteiger partial charge in [-0.2, -0.15) is 0 Å². The van der Waals surface area contributed by atoms with E-state index in [-0.39, 0.29) is 41.2 Å². The van der Waals surface area contributed by atoms with E-state index in [9.17, 15) is 22.7 Å². The van der Waals surface area contributed by atoms with E-state index in [0.29, 0.717) is 22.4 Å². The van der Waals surface area contributed by atoms with E-state index < -0.39 is 28.5 Å². The Hall–Kier alpha value is -4.29. The van der Waals surface area contributed by atoms with Gasteiger partial charge in [-0.25, -0.2) is 17.6 Å². The number of furan rings is 1. The Bertz CT molecular complexity index is 1620. The summed E-state index contributed by atoms with van der Waals surface area (Å²) in [6, 6.07) is 15.3.